The minimum Gasteiger partial charge on any atom is -0.342 e. The molecule has 0 amide bonds. The quantitative estimate of drug-likeness (QED) is 0.151. The van der Waals surface area contributed by atoms with E-state index < -0.39 is 5.41 Å². The van der Waals surface area contributed by atoms with Crippen molar-refractivity contribution >= 4 is 52.4 Å². The zero-order chi connectivity index (χ0) is 33.5. The normalized spacial score (nSPS) is 21.9. The lowest BCUT2D eigenvalue weighted by Gasteiger charge is -2.43. The Morgan fingerprint density at radius 1 is 1.32 bits per heavy atom. The van der Waals surface area contributed by atoms with Crippen molar-refractivity contribution in [1.82, 2.24) is 14.5 Å². The Morgan fingerprint density at radius 3 is 2.87 bits per heavy atom. The summed E-state index contributed by atoms with van der Waals surface area (Å²) < 4.78 is 2.37. The average Bonchev–Trinajstić information content (AvgIpc) is 3.73. The summed E-state index contributed by atoms with van der Waals surface area (Å²) >= 11 is 8.86. The minimum atomic E-state index is -0.554. The lowest BCUT2D eigenvalue weighted by atomic mass is 9.95. The second-order valence-electron chi connectivity index (χ2n) is 14.6. The number of benzene rings is 2. The van der Waals surface area contributed by atoms with Crippen LogP contribution < -0.4 is 4.90 Å². The summed E-state index contributed by atoms with van der Waals surface area (Å²) in [6.45, 7) is 22.2. The number of halogens is 1. The number of thioether (sulfide) groups is 1. The number of aromatic nitrogens is 2. The van der Waals surface area contributed by atoms with E-state index in [0.29, 0.717) is 30.1 Å². The number of nitriles is 1. The number of piperazine rings is 1. The number of nitrogens with zero attached hydrogens (tertiary/aromatic N) is 6. The molecule has 0 saturated carbocycles. The van der Waals surface area contributed by atoms with Crippen LogP contribution in [-0.2, 0) is 19.5 Å². The molecule has 3 heterocycles. The maximum atomic E-state index is 9.96. The first-order valence-corrected chi connectivity index (χ1v) is 18.0. The Hall–Kier alpha value is -3.31. The number of hydrogen-bond acceptors (Lipinski definition) is 6. The summed E-state index contributed by atoms with van der Waals surface area (Å²) in [5, 5.41) is 10.6. The first-order chi connectivity index (χ1) is 22.4. The van der Waals surface area contributed by atoms with E-state index in [9.17, 15) is 5.26 Å². The number of fused-ring (bicyclic) bond motifs is 3. The molecule has 6 nitrogen and oxygen atoms in total. The van der Waals surface area contributed by atoms with Gasteiger partial charge in [-0.15, -0.1) is 11.8 Å². The largest absolute Gasteiger partial charge is 0.342 e. The van der Waals surface area contributed by atoms with Crippen LogP contribution in [0.5, 0.6) is 0 Å². The fourth-order valence-corrected chi connectivity index (χ4v) is 9.05. The molecule has 1 aliphatic carbocycles. The Bertz CT molecular complexity index is 1810. The van der Waals surface area contributed by atoms with Gasteiger partial charge < -0.3 is 14.5 Å². The van der Waals surface area contributed by atoms with Gasteiger partial charge in [0.05, 0.1) is 40.3 Å². The lowest BCUT2D eigenvalue weighted by molar-refractivity contribution is 0.186. The van der Waals surface area contributed by atoms with Crippen molar-refractivity contribution in [2.75, 3.05) is 24.5 Å². The molecule has 3 unspecified atom stereocenters. The highest BCUT2D eigenvalue weighted by molar-refractivity contribution is 8.01. The van der Waals surface area contributed by atoms with E-state index in [1.165, 1.54) is 21.8 Å². The van der Waals surface area contributed by atoms with Crippen molar-refractivity contribution in [1.29, 1.82) is 5.26 Å². The number of anilines is 1. The Labute approximate surface area is 289 Å². The number of rotatable bonds is 11. The third-order valence-electron chi connectivity index (χ3n) is 9.79. The van der Waals surface area contributed by atoms with Gasteiger partial charge >= 0.3 is 0 Å². The Kier molecular flexibility index (Phi) is 9.50. The number of aliphatic imine (C=N–C) groups is 1. The molecule has 3 aliphatic rings. The molecule has 8 heteroatoms. The first-order valence-electron chi connectivity index (χ1n) is 16.8. The van der Waals surface area contributed by atoms with E-state index in [1.54, 1.807) is 0 Å². The van der Waals surface area contributed by atoms with Gasteiger partial charge in [0.15, 0.2) is 0 Å². The predicted molar refractivity (Wildman–Crippen MR) is 199 cm³/mol. The molecule has 2 aromatic carbocycles. The summed E-state index contributed by atoms with van der Waals surface area (Å²) in [4.78, 5) is 15.8. The van der Waals surface area contributed by atoms with Crippen LogP contribution in [0.4, 0.5) is 5.69 Å². The van der Waals surface area contributed by atoms with Gasteiger partial charge in [-0.1, -0.05) is 61.0 Å². The smallest absolute Gasteiger partial charge is 0.124 e. The predicted octanol–water partition coefficient (Wildman–Crippen LogP) is 9.33. The van der Waals surface area contributed by atoms with Crippen LogP contribution in [0.25, 0.3) is 16.6 Å². The van der Waals surface area contributed by atoms with Gasteiger partial charge in [-0.2, -0.15) is 5.26 Å². The molecule has 1 fully saturated rings. The first kappa shape index (κ1) is 33.6. The second kappa shape index (κ2) is 13.3. The van der Waals surface area contributed by atoms with Crippen LogP contribution in [0.15, 0.2) is 70.7 Å². The van der Waals surface area contributed by atoms with Crippen molar-refractivity contribution in [3.05, 3.63) is 82.8 Å². The van der Waals surface area contributed by atoms with E-state index in [4.69, 9.17) is 16.6 Å². The number of allylic oxidation sites excluding steroid dienone is 3. The summed E-state index contributed by atoms with van der Waals surface area (Å²) in [6, 6.07) is 13.8. The van der Waals surface area contributed by atoms with Crippen molar-refractivity contribution in [3.8, 4) is 6.07 Å². The van der Waals surface area contributed by atoms with Gasteiger partial charge in [-0.25, -0.2) is 4.98 Å². The third kappa shape index (κ3) is 6.84. The Balaban J connectivity index is 1.26. The summed E-state index contributed by atoms with van der Waals surface area (Å²) in [6.07, 6.45) is 11.4. The van der Waals surface area contributed by atoms with Gasteiger partial charge in [0.25, 0.3) is 0 Å². The topological polar surface area (TPSA) is 60.4 Å². The second-order valence-corrected chi connectivity index (χ2v) is 16.6. The molecule has 6 rings (SSSR count). The molecule has 47 heavy (non-hydrogen) atoms. The molecule has 1 saturated heterocycles. The van der Waals surface area contributed by atoms with Crippen LogP contribution in [-0.4, -0.2) is 51.6 Å². The molecule has 0 spiro atoms. The maximum Gasteiger partial charge on any atom is 0.124 e. The fraction of sp³-hybridized carbons (Fsp3) is 0.462. The fourth-order valence-electron chi connectivity index (χ4n) is 7.33. The van der Waals surface area contributed by atoms with E-state index in [1.807, 2.05) is 38.6 Å². The molecule has 0 radical (unpaired) electrons. The highest BCUT2D eigenvalue weighted by Crippen LogP contribution is 2.52. The van der Waals surface area contributed by atoms with Gasteiger partial charge in [0, 0.05) is 41.5 Å². The van der Waals surface area contributed by atoms with Gasteiger partial charge in [-0.05, 0) is 95.3 Å². The van der Waals surface area contributed by atoms with Gasteiger partial charge in [-0.3, -0.25) is 4.90 Å². The summed E-state index contributed by atoms with van der Waals surface area (Å²) in [5.41, 5.74) is 7.39. The zero-order valence-corrected chi connectivity index (χ0v) is 30.1. The molecule has 246 valence electrons. The van der Waals surface area contributed by atoms with E-state index in [-0.39, 0.29) is 4.75 Å². The standard InChI is InChI=1S/C39H47ClN6S/c1-26(2)29-19-30(40)36-34(20-29)46(25-38(4,5)24-41)35(43-36)23-44-17-18-45(32-14-9-13-31(32)44)33-15-8-12-28-21-39(6,47-37(28)33)16-10-11-27(3)22-42-7/h8,10-12,14-15,19-20,27,31H,1,7,9,13,16-18,21-23,25H2,2-6H3/b11-10-. The van der Waals surface area contributed by atoms with Crippen molar-refractivity contribution < 1.29 is 0 Å². The van der Waals surface area contributed by atoms with Crippen LogP contribution >= 0.6 is 23.4 Å². The van der Waals surface area contributed by atoms with Crippen LogP contribution in [0.3, 0.4) is 0 Å². The molecule has 0 bridgehead atoms. The van der Waals surface area contributed by atoms with Gasteiger partial charge in [0.2, 0.25) is 0 Å². The zero-order valence-electron chi connectivity index (χ0n) is 28.5. The van der Waals surface area contributed by atoms with Gasteiger partial charge in [0.1, 0.15) is 11.3 Å². The van der Waals surface area contributed by atoms with Crippen molar-refractivity contribution in [3.63, 3.8) is 0 Å². The van der Waals surface area contributed by atoms with E-state index in [2.05, 4.69) is 95.1 Å². The minimum absolute atomic E-state index is 0.142. The molecular weight excluding hydrogens is 620 g/mol. The van der Waals surface area contributed by atoms with Crippen LogP contribution in [0.2, 0.25) is 5.02 Å². The molecular formula is C39H47ClN6S. The summed E-state index contributed by atoms with van der Waals surface area (Å²) in [7, 11) is 0. The highest BCUT2D eigenvalue weighted by atomic mass is 35.5. The lowest BCUT2D eigenvalue weighted by Crippen LogP contribution is -2.50. The summed E-state index contributed by atoms with van der Waals surface area (Å²) in [5.74, 6) is 1.38. The third-order valence-corrected chi connectivity index (χ3v) is 11.6. The number of hydrogen-bond donors (Lipinski definition) is 0. The SMILES string of the molecule is C=NCC(C)/C=C\CC1(C)Cc2cccc(N3CCN(Cc4nc5c(Cl)cc(C(=C)C)cc5n4CC(C)(C)C#N)C4CCC=C43)c2S1. The van der Waals surface area contributed by atoms with Crippen LogP contribution in [0, 0.1) is 22.7 Å². The molecule has 1 aromatic heterocycles. The average molecular weight is 667 g/mol. The molecule has 3 aromatic rings. The molecule has 2 aliphatic heterocycles. The van der Waals surface area contributed by atoms with Crippen molar-refractivity contribution in [2.24, 2.45) is 16.3 Å². The monoisotopic (exact) mass is 666 g/mol. The Morgan fingerprint density at radius 2 is 2.13 bits per heavy atom. The molecule has 3 atom stereocenters. The number of imidazole rings is 1. The van der Waals surface area contributed by atoms with E-state index in [0.717, 1.165) is 73.3 Å². The highest BCUT2D eigenvalue weighted by Gasteiger charge is 2.40. The van der Waals surface area contributed by atoms with E-state index >= 15 is 0 Å². The van der Waals surface area contributed by atoms with Crippen molar-refractivity contribution in [2.45, 2.75) is 89.1 Å². The molecule has 0 N–H and O–H groups in total. The maximum absolute atomic E-state index is 9.96. The van der Waals surface area contributed by atoms with Crippen LogP contribution in [0.1, 0.15) is 70.8 Å².